The fourth-order valence-corrected chi connectivity index (χ4v) is 1.94. The summed E-state index contributed by atoms with van der Waals surface area (Å²) in [4.78, 5) is 8.89. The fraction of sp³-hybridized carbons (Fsp3) is 0.417. The van der Waals surface area contributed by atoms with Crippen molar-refractivity contribution in [2.75, 3.05) is 5.73 Å². The minimum absolute atomic E-state index is 0.509. The quantitative estimate of drug-likeness (QED) is 0.871. The summed E-state index contributed by atoms with van der Waals surface area (Å²) < 4.78 is 1.92. The maximum atomic E-state index is 5.84. The molecule has 1 fully saturated rings. The normalized spacial score (nSPS) is 15.1. The SMILES string of the molecule is CCn1nccc1-c1cc(N)nc(C2CC2)n1. The Morgan fingerprint density at radius 1 is 1.41 bits per heavy atom. The molecule has 2 aromatic rings. The van der Waals surface area contributed by atoms with Gasteiger partial charge in [0.2, 0.25) is 0 Å². The molecule has 1 aliphatic rings. The van der Waals surface area contributed by atoms with Crippen molar-refractivity contribution in [1.29, 1.82) is 0 Å². The second kappa shape index (κ2) is 3.84. The second-order valence-electron chi connectivity index (χ2n) is 4.34. The van der Waals surface area contributed by atoms with Gasteiger partial charge in [0.1, 0.15) is 11.6 Å². The van der Waals surface area contributed by atoms with Crippen LogP contribution in [0.2, 0.25) is 0 Å². The van der Waals surface area contributed by atoms with E-state index in [1.54, 1.807) is 6.20 Å². The van der Waals surface area contributed by atoms with E-state index in [-0.39, 0.29) is 0 Å². The highest BCUT2D eigenvalue weighted by Crippen LogP contribution is 2.38. The van der Waals surface area contributed by atoms with Crippen LogP contribution in [0, 0.1) is 0 Å². The molecule has 88 valence electrons. The van der Waals surface area contributed by atoms with Crippen molar-refractivity contribution in [2.45, 2.75) is 32.2 Å². The van der Waals surface area contributed by atoms with Crippen molar-refractivity contribution in [1.82, 2.24) is 19.7 Å². The molecule has 1 aliphatic carbocycles. The molecule has 0 aromatic carbocycles. The number of nitrogens with zero attached hydrogens (tertiary/aromatic N) is 4. The van der Waals surface area contributed by atoms with Crippen LogP contribution in [0.25, 0.3) is 11.4 Å². The Bertz CT molecular complexity index is 542. The Morgan fingerprint density at radius 2 is 2.24 bits per heavy atom. The second-order valence-corrected chi connectivity index (χ2v) is 4.34. The molecule has 0 amide bonds. The van der Waals surface area contributed by atoms with Gasteiger partial charge < -0.3 is 5.73 Å². The van der Waals surface area contributed by atoms with Gasteiger partial charge in [0.25, 0.3) is 0 Å². The number of hydrogen-bond acceptors (Lipinski definition) is 4. The van der Waals surface area contributed by atoms with Gasteiger partial charge in [-0.05, 0) is 25.8 Å². The number of aryl methyl sites for hydroxylation is 1. The van der Waals surface area contributed by atoms with Gasteiger partial charge in [-0.15, -0.1) is 0 Å². The summed E-state index contributed by atoms with van der Waals surface area (Å²) in [5, 5.41) is 4.25. The summed E-state index contributed by atoms with van der Waals surface area (Å²) in [5.41, 5.74) is 7.72. The molecule has 0 atom stereocenters. The van der Waals surface area contributed by atoms with Crippen molar-refractivity contribution < 1.29 is 0 Å². The molecular weight excluding hydrogens is 214 g/mol. The predicted molar refractivity (Wildman–Crippen MR) is 65.3 cm³/mol. The monoisotopic (exact) mass is 229 g/mol. The van der Waals surface area contributed by atoms with Crippen LogP contribution in [0.5, 0.6) is 0 Å². The van der Waals surface area contributed by atoms with Gasteiger partial charge in [-0.2, -0.15) is 5.10 Å². The van der Waals surface area contributed by atoms with Crippen LogP contribution in [0.1, 0.15) is 31.5 Å². The van der Waals surface area contributed by atoms with Gasteiger partial charge in [0.15, 0.2) is 0 Å². The molecular formula is C12H15N5. The van der Waals surface area contributed by atoms with Gasteiger partial charge in [0.05, 0.1) is 11.4 Å². The average molecular weight is 229 g/mol. The first kappa shape index (κ1) is 10.3. The maximum Gasteiger partial charge on any atom is 0.134 e. The predicted octanol–water partition coefficient (Wildman–Crippen LogP) is 1.82. The van der Waals surface area contributed by atoms with Crippen LogP contribution in [0.3, 0.4) is 0 Å². The van der Waals surface area contributed by atoms with Gasteiger partial charge in [-0.1, -0.05) is 0 Å². The molecule has 0 aliphatic heterocycles. The Hall–Kier alpha value is -1.91. The molecule has 0 radical (unpaired) electrons. The summed E-state index contributed by atoms with van der Waals surface area (Å²) >= 11 is 0. The summed E-state index contributed by atoms with van der Waals surface area (Å²) in [6.07, 6.45) is 4.14. The van der Waals surface area contributed by atoms with E-state index in [1.807, 2.05) is 16.8 Å². The largest absolute Gasteiger partial charge is 0.384 e. The van der Waals surface area contributed by atoms with Crippen LogP contribution < -0.4 is 5.73 Å². The first-order chi connectivity index (χ1) is 8.28. The lowest BCUT2D eigenvalue weighted by Crippen LogP contribution is -2.04. The van der Waals surface area contributed by atoms with Crippen LogP contribution in [-0.4, -0.2) is 19.7 Å². The van der Waals surface area contributed by atoms with Crippen LogP contribution >= 0.6 is 0 Å². The highest BCUT2D eigenvalue weighted by Gasteiger charge is 2.27. The van der Waals surface area contributed by atoms with Crippen LogP contribution in [-0.2, 0) is 6.54 Å². The van der Waals surface area contributed by atoms with E-state index in [0.29, 0.717) is 11.7 Å². The Balaban J connectivity index is 2.07. The minimum Gasteiger partial charge on any atom is -0.384 e. The first-order valence-corrected chi connectivity index (χ1v) is 5.94. The standard InChI is InChI=1S/C12H15N5/c1-2-17-10(5-6-14-17)9-7-11(13)16-12(15-9)8-3-4-8/h5-8H,2-4H2,1H3,(H2,13,15,16). The lowest BCUT2D eigenvalue weighted by Gasteiger charge is -2.06. The van der Waals surface area contributed by atoms with Gasteiger partial charge in [0, 0.05) is 24.7 Å². The molecule has 5 heteroatoms. The molecule has 0 bridgehead atoms. The van der Waals surface area contributed by atoms with E-state index in [1.165, 1.54) is 12.8 Å². The van der Waals surface area contributed by atoms with Crippen molar-refractivity contribution in [3.8, 4) is 11.4 Å². The zero-order valence-corrected chi connectivity index (χ0v) is 9.80. The molecule has 0 saturated heterocycles. The topological polar surface area (TPSA) is 69.6 Å². The summed E-state index contributed by atoms with van der Waals surface area (Å²) in [5.74, 6) is 1.93. The van der Waals surface area contributed by atoms with Crippen molar-refractivity contribution in [2.24, 2.45) is 0 Å². The number of nitrogen functional groups attached to an aromatic ring is 1. The first-order valence-electron chi connectivity index (χ1n) is 5.94. The Morgan fingerprint density at radius 3 is 2.94 bits per heavy atom. The smallest absolute Gasteiger partial charge is 0.134 e. The summed E-state index contributed by atoms with van der Waals surface area (Å²) in [7, 11) is 0. The molecule has 5 nitrogen and oxygen atoms in total. The number of rotatable bonds is 3. The third-order valence-corrected chi connectivity index (χ3v) is 2.98. The van der Waals surface area contributed by atoms with Crippen molar-refractivity contribution >= 4 is 5.82 Å². The van der Waals surface area contributed by atoms with E-state index in [9.17, 15) is 0 Å². The molecule has 2 heterocycles. The third kappa shape index (κ3) is 1.88. The fourth-order valence-electron chi connectivity index (χ4n) is 1.94. The van der Waals surface area contributed by atoms with E-state index in [4.69, 9.17) is 5.73 Å². The molecule has 2 N–H and O–H groups in total. The zero-order chi connectivity index (χ0) is 11.8. The number of anilines is 1. The minimum atomic E-state index is 0.509. The molecule has 3 rings (SSSR count). The lowest BCUT2D eigenvalue weighted by atomic mass is 10.2. The van der Waals surface area contributed by atoms with Crippen LogP contribution in [0.15, 0.2) is 18.3 Å². The van der Waals surface area contributed by atoms with Gasteiger partial charge >= 0.3 is 0 Å². The third-order valence-electron chi connectivity index (χ3n) is 2.98. The van der Waals surface area contributed by atoms with E-state index < -0.39 is 0 Å². The van der Waals surface area contributed by atoms with Crippen molar-refractivity contribution in [3.05, 3.63) is 24.2 Å². The number of aromatic nitrogens is 4. The van der Waals surface area contributed by atoms with E-state index in [0.717, 1.165) is 23.8 Å². The van der Waals surface area contributed by atoms with Gasteiger partial charge in [-0.25, -0.2) is 9.97 Å². The maximum absolute atomic E-state index is 5.84. The average Bonchev–Trinajstić information content (AvgIpc) is 3.06. The highest BCUT2D eigenvalue weighted by atomic mass is 15.3. The van der Waals surface area contributed by atoms with E-state index in [2.05, 4.69) is 22.0 Å². The number of nitrogens with two attached hydrogens (primary N) is 1. The molecule has 1 saturated carbocycles. The lowest BCUT2D eigenvalue weighted by molar-refractivity contribution is 0.665. The summed E-state index contributed by atoms with van der Waals surface area (Å²) in [6, 6.07) is 3.77. The van der Waals surface area contributed by atoms with Crippen molar-refractivity contribution in [3.63, 3.8) is 0 Å². The molecule has 2 aromatic heterocycles. The summed E-state index contributed by atoms with van der Waals surface area (Å²) in [6.45, 7) is 2.88. The van der Waals surface area contributed by atoms with E-state index >= 15 is 0 Å². The zero-order valence-electron chi connectivity index (χ0n) is 9.80. The Labute approximate surface area is 99.7 Å². The van der Waals surface area contributed by atoms with Crippen LogP contribution in [0.4, 0.5) is 5.82 Å². The number of hydrogen-bond donors (Lipinski definition) is 1. The molecule has 17 heavy (non-hydrogen) atoms. The highest BCUT2D eigenvalue weighted by molar-refractivity contribution is 5.58. The molecule has 0 spiro atoms. The molecule has 0 unspecified atom stereocenters. The Kier molecular flexibility index (Phi) is 2.31. The van der Waals surface area contributed by atoms with Gasteiger partial charge in [-0.3, -0.25) is 4.68 Å².